The molecule has 0 saturated carbocycles. The lowest BCUT2D eigenvalue weighted by atomic mass is 10.0. The van der Waals surface area contributed by atoms with E-state index in [2.05, 4.69) is 13.2 Å². The van der Waals surface area contributed by atoms with E-state index < -0.39 is 48.4 Å². The summed E-state index contributed by atoms with van der Waals surface area (Å²) in [7, 11) is 0. The van der Waals surface area contributed by atoms with Crippen LogP contribution in [0, 0.1) is 0 Å². The fourth-order valence-corrected chi connectivity index (χ4v) is 9.49. The van der Waals surface area contributed by atoms with Gasteiger partial charge >= 0.3 is 0 Å². The van der Waals surface area contributed by atoms with Crippen molar-refractivity contribution in [2.45, 2.75) is 127 Å². The molecule has 6 rings (SSSR count). The van der Waals surface area contributed by atoms with Crippen molar-refractivity contribution in [2.75, 3.05) is 26.4 Å². The number of ether oxygens (including phenoxy) is 6. The van der Waals surface area contributed by atoms with Crippen LogP contribution < -0.4 is 0 Å². The van der Waals surface area contributed by atoms with Gasteiger partial charge in [0.2, 0.25) is 0 Å². The van der Waals surface area contributed by atoms with Crippen molar-refractivity contribution in [3.05, 3.63) is 192 Å². The zero-order chi connectivity index (χ0) is 52.7. The third kappa shape index (κ3) is 18.6. The zero-order valence-electron chi connectivity index (χ0n) is 42.7. The predicted octanol–water partition coefficient (Wildman–Crippen LogP) is 9.76. The Morgan fingerprint density at radius 2 is 0.932 bits per heavy atom. The third-order valence-electron chi connectivity index (χ3n) is 12.5. The number of hydrogen-bond donors (Lipinski definition) is 2. The Hall–Kier alpha value is -5.68. The van der Waals surface area contributed by atoms with E-state index in [9.17, 15) is 19.8 Å². The fraction of sp³-hybridized carbons (Fsp3) is 0.400. The summed E-state index contributed by atoms with van der Waals surface area (Å²) in [5.74, 6) is -0.953. The Bertz CT molecular complexity index is 2290. The fourth-order valence-electron chi connectivity index (χ4n) is 8.87. The number of allylic oxidation sites excluding steroid dienone is 4. The molecular formula is C60H72N2O10S2. The second kappa shape index (κ2) is 30.6. The van der Waals surface area contributed by atoms with Crippen molar-refractivity contribution in [1.82, 2.24) is 9.80 Å². The normalized spacial score (nSPS) is 18.2. The van der Waals surface area contributed by atoms with E-state index in [1.807, 2.05) is 159 Å². The molecule has 2 saturated heterocycles. The van der Waals surface area contributed by atoms with Gasteiger partial charge in [0.15, 0.2) is 12.2 Å². The minimum Gasteiger partial charge on any atom is -0.468 e. The molecule has 0 unspecified atom stereocenters. The van der Waals surface area contributed by atoms with Gasteiger partial charge in [0, 0.05) is 0 Å². The topological polar surface area (TPSA) is 136 Å². The summed E-state index contributed by atoms with van der Waals surface area (Å²) >= 11 is 11.1. The second-order valence-electron chi connectivity index (χ2n) is 19.1. The van der Waals surface area contributed by atoms with Crippen molar-refractivity contribution < 1.29 is 48.2 Å². The maximum Gasteiger partial charge on any atom is 0.266 e. The highest BCUT2D eigenvalue weighted by atomic mass is 32.1. The summed E-state index contributed by atoms with van der Waals surface area (Å²) in [4.78, 5) is 32.0. The average Bonchev–Trinajstić information content (AvgIpc) is 3.95. The van der Waals surface area contributed by atoms with Crippen LogP contribution in [0.4, 0.5) is 0 Å². The van der Waals surface area contributed by atoms with Crippen LogP contribution in [-0.4, -0.2) is 117 Å². The molecule has 0 aromatic heterocycles. The summed E-state index contributed by atoms with van der Waals surface area (Å²) in [5.41, 5.74) is 5.72. The highest BCUT2D eigenvalue weighted by Gasteiger charge is 2.44. The van der Waals surface area contributed by atoms with Gasteiger partial charge in [-0.15, -0.1) is 13.2 Å². The molecule has 0 aliphatic carbocycles. The number of hydrogen-bond acceptors (Lipinski definition) is 12. The number of thiocarbonyl (C=S) groups is 2. The molecule has 74 heavy (non-hydrogen) atoms. The molecule has 0 spiro atoms. The molecule has 4 aromatic rings. The number of nitrogens with zero attached hydrogens (tertiary/aromatic N) is 2. The van der Waals surface area contributed by atoms with Gasteiger partial charge in [-0.05, 0) is 112 Å². The molecule has 2 amide bonds. The van der Waals surface area contributed by atoms with Crippen molar-refractivity contribution in [2.24, 2.45) is 0 Å². The van der Waals surface area contributed by atoms with Crippen molar-refractivity contribution >= 4 is 46.6 Å². The summed E-state index contributed by atoms with van der Waals surface area (Å²) in [6.07, 6.45) is 4.40. The van der Waals surface area contributed by atoms with Gasteiger partial charge in [-0.1, -0.05) is 157 Å². The van der Waals surface area contributed by atoms with Crippen molar-refractivity contribution in [1.29, 1.82) is 0 Å². The van der Waals surface area contributed by atoms with Gasteiger partial charge < -0.3 is 38.6 Å². The van der Waals surface area contributed by atoms with Crippen LogP contribution in [-0.2, 0) is 64.1 Å². The minimum atomic E-state index is -1.28. The number of rotatable bonds is 31. The average molecular weight is 1050 g/mol. The smallest absolute Gasteiger partial charge is 0.266 e. The van der Waals surface area contributed by atoms with Crippen LogP contribution in [0.5, 0.6) is 0 Å². The van der Waals surface area contributed by atoms with E-state index in [-0.39, 0.29) is 61.7 Å². The van der Waals surface area contributed by atoms with Crippen LogP contribution in [0.3, 0.4) is 0 Å². The number of aliphatic hydroxyl groups excluding tert-OH is 2. The minimum absolute atomic E-state index is 0.0474. The molecule has 14 heteroatoms. The van der Waals surface area contributed by atoms with E-state index >= 15 is 0 Å². The maximum absolute atomic E-state index is 14.6. The van der Waals surface area contributed by atoms with Crippen LogP contribution in [0.15, 0.2) is 170 Å². The predicted molar refractivity (Wildman–Crippen MR) is 296 cm³/mol. The van der Waals surface area contributed by atoms with Gasteiger partial charge in [0.05, 0.1) is 62.9 Å². The first-order chi connectivity index (χ1) is 35.9. The molecule has 2 fully saturated rings. The van der Waals surface area contributed by atoms with Crippen molar-refractivity contribution in [3.63, 3.8) is 0 Å². The maximum atomic E-state index is 14.6. The zero-order valence-corrected chi connectivity index (χ0v) is 44.3. The molecular weight excluding hydrogens is 973 g/mol. The number of amides is 2. The Labute approximate surface area is 448 Å². The Morgan fingerprint density at radius 1 is 0.595 bits per heavy atom. The lowest BCUT2D eigenvalue weighted by Crippen LogP contribution is -2.51. The van der Waals surface area contributed by atoms with E-state index in [1.165, 1.54) is 9.80 Å². The SMILES string of the molecule is C=C(C)C[C@H](COCc1ccccc1)O[C@H](C(=O)N1C(=S)OC[C@@H]1Cc1ccccc1)[C@H](O)CC/C=C/C=C/CC[C@@H](O)[C@H](O[C@@H](COCc1ccccc1)CC(=C)C)C(=O)N1C(=S)OC[C@@H]1Cc1ccccc1. The largest absolute Gasteiger partial charge is 0.468 e. The summed E-state index contributed by atoms with van der Waals surface area (Å²) in [6.45, 7) is 13.4. The van der Waals surface area contributed by atoms with Crippen LogP contribution in [0.2, 0.25) is 0 Å². The molecule has 2 aliphatic rings. The summed E-state index contributed by atoms with van der Waals surface area (Å²) in [6, 6.07) is 38.4. The molecule has 12 nitrogen and oxygen atoms in total. The lowest BCUT2D eigenvalue weighted by Gasteiger charge is -2.32. The van der Waals surface area contributed by atoms with Crippen LogP contribution >= 0.6 is 24.4 Å². The van der Waals surface area contributed by atoms with Crippen LogP contribution in [0.1, 0.15) is 74.6 Å². The van der Waals surface area contributed by atoms with E-state index in [0.717, 1.165) is 33.4 Å². The van der Waals surface area contributed by atoms with Gasteiger partial charge in [-0.2, -0.15) is 0 Å². The lowest BCUT2D eigenvalue weighted by molar-refractivity contribution is -0.159. The first-order valence-electron chi connectivity index (χ1n) is 25.4. The number of aliphatic hydroxyl groups is 2. The Kier molecular flexibility index (Phi) is 23.8. The molecule has 0 bridgehead atoms. The standard InChI is InChI=1S/C60H72N2O10S2/c1-43(2)33-51(41-67-37-47-27-17-11-18-28-47)71-55(57(65)61-49(39-69-59(61)73)35-45-23-13-9-14-24-45)53(63)31-21-7-5-6-8-22-32-54(64)56(72-52(34-44(3)4)42-68-38-48-29-19-12-20-30-48)58(66)62-50(40-70-60(62)74)36-46-25-15-10-16-26-46/h5-20,23-30,49-56,63-64H,1,3,21-22,31-42H2,2,4H3/b7-5+,8-6+/t49-,50-,51+,52+,53+,54+,55-,56-/m0/s1. The molecule has 4 aromatic carbocycles. The molecule has 0 radical (unpaired) electrons. The van der Waals surface area contributed by atoms with E-state index in [1.54, 1.807) is 0 Å². The third-order valence-corrected chi connectivity index (χ3v) is 13.1. The number of carbonyl (C=O) groups excluding carboxylic acids is 2. The Balaban J connectivity index is 1.10. The van der Waals surface area contributed by atoms with E-state index in [4.69, 9.17) is 52.9 Å². The monoisotopic (exact) mass is 1040 g/mol. The number of benzene rings is 4. The van der Waals surface area contributed by atoms with Gasteiger partial charge in [0.1, 0.15) is 13.2 Å². The van der Waals surface area contributed by atoms with Gasteiger partial charge in [-0.25, -0.2) is 0 Å². The Morgan fingerprint density at radius 3 is 1.27 bits per heavy atom. The van der Waals surface area contributed by atoms with E-state index in [0.29, 0.717) is 51.7 Å². The molecule has 8 atom stereocenters. The second-order valence-corrected chi connectivity index (χ2v) is 19.8. The molecule has 2 heterocycles. The first-order valence-corrected chi connectivity index (χ1v) is 26.3. The van der Waals surface area contributed by atoms with Gasteiger partial charge in [0.25, 0.3) is 22.2 Å². The van der Waals surface area contributed by atoms with Gasteiger partial charge in [-0.3, -0.25) is 19.4 Å². The number of carbonyl (C=O) groups is 2. The molecule has 2 aliphatic heterocycles. The molecule has 2 N–H and O–H groups in total. The molecule has 394 valence electrons. The highest BCUT2D eigenvalue weighted by molar-refractivity contribution is 7.80. The first kappa shape index (κ1) is 57.6. The van der Waals surface area contributed by atoms with Crippen LogP contribution in [0.25, 0.3) is 0 Å². The van der Waals surface area contributed by atoms with Crippen molar-refractivity contribution in [3.8, 4) is 0 Å². The quantitative estimate of drug-likeness (QED) is 0.0282. The highest BCUT2D eigenvalue weighted by Crippen LogP contribution is 2.26. The summed E-state index contributed by atoms with van der Waals surface area (Å²) < 4.78 is 36.8. The summed E-state index contributed by atoms with van der Waals surface area (Å²) in [5, 5.41) is 23.7.